The molecule has 0 fully saturated rings. The van der Waals surface area contributed by atoms with E-state index in [1.54, 1.807) is 6.07 Å². The van der Waals surface area contributed by atoms with Crippen LogP contribution in [-0.4, -0.2) is 22.6 Å². The largest absolute Gasteiger partial charge is 0.458 e. The van der Waals surface area contributed by atoms with E-state index in [0.29, 0.717) is 50.9 Å². The number of nitrogens with zero attached hydrogens (tertiary/aromatic N) is 8. The lowest BCUT2D eigenvalue weighted by atomic mass is 9.31. The average Bonchev–Trinajstić information content (AvgIpc) is 2.89. The molecule has 6 heterocycles. The van der Waals surface area contributed by atoms with Crippen LogP contribution in [0.15, 0.2) is 236 Å². The first-order valence-corrected chi connectivity index (χ1v) is 26.9. The van der Waals surface area contributed by atoms with Crippen molar-refractivity contribution in [2.75, 3.05) is 9.80 Å². The van der Waals surface area contributed by atoms with Gasteiger partial charge in [-0.3, -0.25) is 0 Å². The first-order chi connectivity index (χ1) is 40.4. The molecule has 0 bridgehead atoms. The van der Waals surface area contributed by atoms with Crippen LogP contribution in [0, 0.1) is 40.6 Å². The molecule has 0 saturated heterocycles. The molecule has 4 aliphatic rings. The summed E-state index contributed by atoms with van der Waals surface area (Å²) in [6.45, 7) is 12.2. The Morgan fingerprint density at radius 1 is 0.488 bits per heavy atom. The first-order valence-electron chi connectivity index (χ1n) is 26.9. The standard InChI is InChI=1S/C70H38B2N8O2/c1-42-68-64(29-30-77-58-27-25-43(39-73)31-51(58)52-32-44(40-74)26-28-59(52)77)81-65-38-57-66(37-56(65)71(68)54-20-10-13-23-61(54)78(42)47-15-5-3-6-16-47)82-67-36-49(80-60-22-12-9-19-50(60)53-34-46(76-2)33-45(41-75)70(53)80)35-63-69(67)72(57)55-21-11-14-24-62(55)79(63)48-17-7-4-8-18-48/h3-38H,1H2/b30-29+. The number of ether oxygens (including phenoxy) is 2. The second-order valence-corrected chi connectivity index (χ2v) is 20.9. The van der Waals surface area contributed by atoms with Crippen LogP contribution in [0.25, 0.3) is 60.3 Å². The van der Waals surface area contributed by atoms with Gasteiger partial charge in [0.25, 0.3) is 13.4 Å². The number of allylic oxidation sites excluding steroid dienone is 2. The van der Waals surface area contributed by atoms with E-state index in [0.717, 1.165) is 111 Å². The number of fused-ring (bicyclic) bond motifs is 15. The molecule has 10 aromatic carbocycles. The molecular weight excluding hydrogens is 1010 g/mol. The summed E-state index contributed by atoms with van der Waals surface area (Å²) in [6.07, 6.45) is 4.04. The highest BCUT2D eigenvalue weighted by Crippen LogP contribution is 2.47. The number of hydrogen-bond acceptors (Lipinski definition) is 7. The van der Waals surface area contributed by atoms with Gasteiger partial charge in [-0.25, -0.2) is 4.85 Å². The summed E-state index contributed by atoms with van der Waals surface area (Å²) in [6, 6.07) is 76.4. The fourth-order valence-corrected chi connectivity index (χ4v) is 13.3. The number of aromatic nitrogens is 2. The molecule has 82 heavy (non-hydrogen) atoms. The number of para-hydroxylation sites is 5. The zero-order chi connectivity index (χ0) is 54.9. The maximum absolute atomic E-state index is 10.8. The second-order valence-electron chi connectivity index (χ2n) is 20.9. The molecule has 12 aromatic rings. The van der Waals surface area contributed by atoms with Crippen molar-refractivity contribution in [1.82, 2.24) is 9.13 Å². The zero-order valence-electron chi connectivity index (χ0n) is 43.5. The Balaban J connectivity index is 0.939. The molecule has 10 nitrogen and oxygen atoms in total. The first kappa shape index (κ1) is 46.4. The van der Waals surface area contributed by atoms with Crippen LogP contribution >= 0.6 is 0 Å². The molecule has 0 unspecified atom stereocenters. The average molecular weight is 1040 g/mol. The van der Waals surface area contributed by atoms with E-state index in [9.17, 15) is 15.8 Å². The summed E-state index contributed by atoms with van der Waals surface area (Å²) in [5, 5.41) is 34.2. The molecule has 0 spiro atoms. The lowest BCUT2D eigenvalue weighted by Gasteiger charge is -2.42. The SMILES string of the molecule is [C-]#[N+]c1cc(C#N)c2c(c1)c1ccccc1n2-c1cc2c3c(c1)N(c1ccccc1)c1ccccc1B3c1cc3c(cc1O2)B1C(=C(/C=C/n2c4ccc(C#N)cc4c4cc(C#N)ccc42)O3)C(=C)N(c2ccccc2)c2ccccc21. The normalized spacial score (nSPS) is 13.6. The summed E-state index contributed by atoms with van der Waals surface area (Å²) in [5.41, 5.74) is 17.6. The summed E-state index contributed by atoms with van der Waals surface area (Å²) < 4.78 is 19.1. The minimum Gasteiger partial charge on any atom is -0.458 e. The van der Waals surface area contributed by atoms with Gasteiger partial charge in [-0.2, -0.15) is 15.8 Å². The van der Waals surface area contributed by atoms with Gasteiger partial charge in [0.05, 0.1) is 63.2 Å². The van der Waals surface area contributed by atoms with E-state index in [4.69, 9.17) is 22.6 Å². The molecular formula is C70H38B2N8O2. The third-order valence-electron chi connectivity index (χ3n) is 16.7. The summed E-state index contributed by atoms with van der Waals surface area (Å²) in [5.74, 6) is 2.67. The Morgan fingerprint density at radius 3 is 1.76 bits per heavy atom. The highest BCUT2D eigenvalue weighted by molar-refractivity contribution is 7.00. The molecule has 0 aliphatic carbocycles. The number of benzene rings is 10. The van der Waals surface area contributed by atoms with Gasteiger partial charge in [-0.05, 0) is 153 Å². The fraction of sp³-hybridized carbons (Fsp3) is 0. The van der Waals surface area contributed by atoms with Crippen LogP contribution < -0.4 is 46.6 Å². The maximum atomic E-state index is 10.8. The molecule has 0 atom stereocenters. The van der Waals surface area contributed by atoms with Gasteiger partial charge < -0.3 is 28.4 Å². The third-order valence-corrected chi connectivity index (χ3v) is 16.7. The molecule has 0 radical (unpaired) electrons. The van der Waals surface area contributed by atoms with E-state index >= 15 is 0 Å². The Hall–Kier alpha value is -11.7. The molecule has 0 N–H and O–H groups in total. The van der Waals surface area contributed by atoms with Crippen molar-refractivity contribution in [3.8, 4) is 41.1 Å². The monoisotopic (exact) mass is 1040 g/mol. The Kier molecular flexibility index (Phi) is 10.00. The minimum absolute atomic E-state index is 0.303. The van der Waals surface area contributed by atoms with Gasteiger partial charge in [-0.1, -0.05) is 97.6 Å². The Morgan fingerprint density at radius 2 is 1.09 bits per heavy atom. The second kappa shape index (κ2) is 17.7. The van der Waals surface area contributed by atoms with Crippen molar-refractivity contribution in [3.05, 3.63) is 264 Å². The van der Waals surface area contributed by atoms with Crippen LogP contribution in [0.3, 0.4) is 0 Å². The maximum Gasteiger partial charge on any atom is 0.256 e. The summed E-state index contributed by atoms with van der Waals surface area (Å²) in [7, 11) is 0. The molecule has 0 saturated carbocycles. The smallest absolute Gasteiger partial charge is 0.256 e. The lowest BCUT2D eigenvalue weighted by Crippen LogP contribution is -2.60. The fourth-order valence-electron chi connectivity index (χ4n) is 13.3. The van der Waals surface area contributed by atoms with E-state index < -0.39 is 0 Å². The van der Waals surface area contributed by atoms with Crippen molar-refractivity contribution in [2.24, 2.45) is 0 Å². The summed E-state index contributed by atoms with van der Waals surface area (Å²) >= 11 is 0. The van der Waals surface area contributed by atoms with Crippen molar-refractivity contribution in [2.45, 2.75) is 0 Å². The molecule has 16 rings (SSSR count). The number of anilines is 5. The lowest BCUT2D eigenvalue weighted by molar-refractivity contribution is 0.440. The number of rotatable bonds is 5. The molecule has 376 valence electrons. The molecule has 0 amide bonds. The highest BCUT2D eigenvalue weighted by atomic mass is 16.5. The van der Waals surface area contributed by atoms with E-state index in [1.165, 1.54) is 0 Å². The Labute approximate surface area is 471 Å². The van der Waals surface area contributed by atoms with E-state index in [1.807, 2.05) is 91.1 Å². The van der Waals surface area contributed by atoms with Crippen LogP contribution in [0.1, 0.15) is 16.7 Å². The molecule has 12 heteroatoms. The zero-order valence-corrected chi connectivity index (χ0v) is 43.5. The van der Waals surface area contributed by atoms with Crippen molar-refractivity contribution >= 4 is 125 Å². The van der Waals surface area contributed by atoms with E-state index in [-0.39, 0.29) is 13.4 Å². The van der Waals surface area contributed by atoms with Crippen molar-refractivity contribution < 1.29 is 9.47 Å². The highest BCUT2D eigenvalue weighted by Gasteiger charge is 2.47. The predicted octanol–water partition coefficient (Wildman–Crippen LogP) is 13.1. The number of nitriles is 3. The number of hydrogen-bond donors (Lipinski definition) is 0. The molecule has 4 aliphatic heterocycles. The van der Waals surface area contributed by atoms with Crippen molar-refractivity contribution in [1.29, 1.82) is 15.8 Å². The van der Waals surface area contributed by atoms with Gasteiger partial charge in [0.1, 0.15) is 29.1 Å². The van der Waals surface area contributed by atoms with Crippen LogP contribution in [0.2, 0.25) is 0 Å². The van der Waals surface area contributed by atoms with Gasteiger partial charge in [0, 0.05) is 62.6 Å². The Bertz CT molecular complexity index is 5040. The van der Waals surface area contributed by atoms with E-state index in [2.05, 4.69) is 163 Å². The van der Waals surface area contributed by atoms with Crippen LogP contribution in [0.5, 0.6) is 17.2 Å². The van der Waals surface area contributed by atoms with Crippen LogP contribution in [-0.2, 0) is 0 Å². The summed E-state index contributed by atoms with van der Waals surface area (Å²) in [4.78, 5) is 8.29. The van der Waals surface area contributed by atoms with Gasteiger partial charge >= 0.3 is 0 Å². The molecule has 2 aromatic heterocycles. The predicted molar refractivity (Wildman–Crippen MR) is 329 cm³/mol. The third kappa shape index (κ3) is 6.61. The topological polar surface area (TPSA) is 111 Å². The van der Waals surface area contributed by atoms with Gasteiger partial charge in [0.2, 0.25) is 0 Å². The minimum atomic E-state index is -0.353. The van der Waals surface area contributed by atoms with Gasteiger partial charge in [-0.15, -0.1) is 0 Å². The van der Waals surface area contributed by atoms with Gasteiger partial charge in [0.15, 0.2) is 5.69 Å². The van der Waals surface area contributed by atoms with Crippen LogP contribution in [0.4, 0.5) is 34.1 Å². The quantitative estimate of drug-likeness (QED) is 0.125. The van der Waals surface area contributed by atoms with Crippen molar-refractivity contribution in [3.63, 3.8) is 0 Å².